The zero-order chi connectivity index (χ0) is 9.56. The summed E-state index contributed by atoms with van der Waals surface area (Å²) in [7, 11) is 1.49. The molecule has 0 heterocycles. The molecule has 0 aromatic carbocycles. The van der Waals surface area contributed by atoms with E-state index >= 15 is 0 Å². The second kappa shape index (κ2) is 8.30. The van der Waals surface area contributed by atoms with E-state index in [1.165, 1.54) is 13.2 Å². The van der Waals surface area contributed by atoms with Crippen molar-refractivity contribution in [3.8, 4) is 0 Å². The molecule has 0 aromatic heterocycles. The Kier molecular flexibility index (Phi) is 9.68. The summed E-state index contributed by atoms with van der Waals surface area (Å²) in [5.41, 5.74) is 0. The summed E-state index contributed by atoms with van der Waals surface area (Å²) in [5, 5.41) is 9.23. The molecule has 1 N–H and O–H groups in total. The van der Waals surface area contributed by atoms with Crippen molar-refractivity contribution in [3.05, 3.63) is 11.8 Å². The molecule has 0 saturated heterocycles. The smallest absolute Gasteiger partial charge is 0.159 e. The normalized spacial score (nSPS) is 13.3. The van der Waals surface area contributed by atoms with Gasteiger partial charge < -0.3 is 9.84 Å². The Labute approximate surface area is 89.6 Å². The molecule has 1 atom stereocenters. The molecule has 0 amide bonds. The van der Waals surface area contributed by atoms with Crippen LogP contribution >= 0.6 is 0 Å². The van der Waals surface area contributed by atoms with Crippen LogP contribution in [-0.2, 0) is 26.6 Å². The van der Waals surface area contributed by atoms with Crippen LogP contribution in [0.25, 0.3) is 0 Å². The molecule has 0 radical (unpaired) electrons. The van der Waals surface area contributed by atoms with E-state index in [0.29, 0.717) is 6.42 Å². The van der Waals surface area contributed by atoms with Crippen LogP contribution in [0.2, 0.25) is 0 Å². The molecule has 0 aliphatic heterocycles. The van der Waals surface area contributed by atoms with E-state index in [1.807, 2.05) is 6.92 Å². The predicted octanol–water partition coefficient (Wildman–Crippen LogP) is 1.83. The first kappa shape index (κ1) is 15.2. The van der Waals surface area contributed by atoms with Gasteiger partial charge in [0, 0.05) is 36.7 Å². The van der Waals surface area contributed by atoms with Crippen molar-refractivity contribution in [2.45, 2.75) is 32.8 Å². The van der Waals surface area contributed by atoms with Gasteiger partial charge in [-0.25, -0.2) is 0 Å². The summed E-state index contributed by atoms with van der Waals surface area (Å²) in [6.45, 7) is 3.60. The number of ketones is 1. The average molecular weight is 228 g/mol. The zero-order valence-corrected chi connectivity index (χ0v) is 9.29. The summed E-state index contributed by atoms with van der Waals surface area (Å²) in [6.07, 6.45) is 2.10. The van der Waals surface area contributed by atoms with Gasteiger partial charge in [0.1, 0.15) is 11.9 Å². The van der Waals surface area contributed by atoms with Crippen molar-refractivity contribution in [2.24, 2.45) is 0 Å². The number of aliphatic hydroxyl groups is 1. The van der Waals surface area contributed by atoms with Gasteiger partial charge in [-0.1, -0.05) is 6.92 Å². The number of carbonyl (C=O) groups excluding carboxylic acids is 1. The van der Waals surface area contributed by atoms with Crippen molar-refractivity contribution >= 4 is 5.78 Å². The minimum absolute atomic E-state index is 0. The Morgan fingerprint density at radius 2 is 2.15 bits per heavy atom. The maximum absolute atomic E-state index is 11.0. The Balaban J connectivity index is 0. The van der Waals surface area contributed by atoms with Crippen molar-refractivity contribution in [3.63, 3.8) is 0 Å². The molecule has 0 aromatic rings. The Morgan fingerprint density at radius 3 is 2.54 bits per heavy atom. The minimum atomic E-state index is -0.397. The first-order valence-electron chi connectivity index (χ1n) is 4.08. The number of ether oxygens (including phenoxy) is 1. The van der Waals surface area contributed by atoms with E-state index in [1.54, 1.807) is 6.92 Å². The molecular weight excluding hydrogens is 212 g/mol. The predicted molar refractivity (Wildman–Crippen MR) is 47.1 cm³/mol. The van der Waals surface area contributed by atoms with E-state index in [-0.39, 0.29) is 28.6 Å². The van der Waals surface area contributed by atoms with E-state index < -0.39 is 6.10 Å². The van der Waals surface area contributed by atoms with Crippen LogP contribution in [0.1, 0.15) is 26.7 Å². The van der Waals surface area contributed by atoms with Crippen molar-refractivity contribution in [1.82, 2.24) is 0 Å². The molecule has 78 valence electrons. The molecule has 0 aliphatic rings. The fourth-order valence-corrected chi connectivity index (χ4v) is 0.722. The van der Waals surface area contributed by atoms with Gasteiger partial charge in [0.05, 0.1) is 0 Å². The summed E-state index contributed by atoms with van der Waals surface area (Å²) in [6, 6.07) is 0. The first-order chi connectivity index (χ1) is 5.61. The molecule has 13 heavy (non-hydrogen) atoms. The number of carbonyl (C=O) groups is 1. The number of hydrogen-bond acceptors (Lipinski definition) is 3. The number of rotatable bonds is 5. The molecule has 0 fully saturated rings. The summed E-state index contributed by atoms with van der Waals surface area (Å²) >= 11 is 0. The van der Waals surface area contributed by atoms with Crippen molar-refractivity contribution in [1.29, 1.82) is 0 Å². The molecule has 0 saturated carbocycles. The second-order valence-electron chi connectivity index (χ2n) is 2.66. The van der Waals surface area contributed by atoms with Gasteiger partial charge in [0.25, 0.3) is 0 Å². The van der Waals surface area contributed by atoms with Gasteiger partial charge in [-0.3, -0.25) is 4.79 Å². The monoisotopic (exact) mass is 228 g/mol. The van der Waals surface area contributed by atoms with Crippen LogP contribution in [0.5, 0.6) is 0 Å². The number of aliphatic hydroxyl groups excluding tert-OH is 1. The fourth-order valence-electron chi connectivity index (χ4n) is 0.722. The van der Waals surface area contributed by atoms with Crippen molar-refractivity contribution < 1.29 is 31.7 Å². The molecule has 0 spiro atoms. The van der Waals surface area contributed by atoms with Gasteiger partial charge >= 0.3 is 0 Å². The Bertz CT molecular complexity index is 178. The number of hydrogen-bond donors (Lipinski definition) is 1. The van der Waals surface area contributed by atoms with Gasteiger partial charge in [-0.05, 0) is 13.3 Å². The molecule has 3 nitrogen and oxygen atoms in total. The summed E-state index contributed by atoms with van der Waals surface area (Å²) < 4.78 is 4.82. The summed E-state index contributed by atoms with van der Waals surface area (Å²) in [5.74, 6) is -0.0603. The van der Waals surface area contributed by atoms with Crippen LogP contribution in [-0.4, -0.2) is 24.1 Å². The van der Waals surface area contributed by atoms with E-state index in [4.69, 9.17) is 4.74 Å². The number of methoxy groups -OCH3 is 1. The van der Waals surface area contributed by atoms with Gasteiger partial charge in [0.2, 0.25) is 0 Å². The van der Waals surface area contributed by atoms with Crippen LogP contribution in [0.4, 0.5) is 0 Å². The molecule has 1 unspecified atom stereocenters. The Hall–Kier alpha value is -0.311. The van der Waals surface area contributed by atoms with E-state index in [0.717, 1.165) is 6.42 Å². The molecule has 0 rings (SSSR count). The average Bonchev–Trinajstić information content (AvgIpc) is 2.03. The van der Waals surface area contributed by atoms with E-state index in [9.17, 15) is 9.90 Å². The van der Waals surface area contributed by atoms with Crippen LogP contribution < -0.4 is 0 Å². The molecule has 0 bridgehead atoms. The molecular formula is C9H16FeO3. The standard InChI is InChI=1S/C9H16O3.Fe/c1-4-5-8(10)6-9(11)7(2)12-3;/h6-7,11H,4-5H2,1-3H3;/b9-6-;. The maximum atomic E-state index is 11.0. The maximum Gasteiger partial charge on any atom is 0.159 e. The van der Waals surface area contributed by atoms with Crippen LogP contribution in [0.15, 0.2) is 11.8 Å². The fraction of sp³-hybridized carbons (Fsp3) is 0.667. The molecule has 4 heteroatoms. The minimum Gasteiger partial charge on any atom is -0.509 e. The third-order valence-corrected chi connectivity index (χ3v) is 1.58. The SMILES string of the molecule is CCCC(=O)/C=C(\O)C(C)OC.[Fe]. The van der Waals surface area contributed by atoms with Gasteiger partial charge in [-0.15, -0.1) is 0 Å². The van der Waals surface area contributed by atoms with Crippen LogP contribution in [0, 0.1) is 0 Å². The largest absolute Gasteiger partial charge is 0.509 e. The van der Waals surface area contributed by atoms with Gasteiger partial charge in [0.15, 0.2) is 5.78 Å². The first-order valence-corrected chi connectivity index (χ1v) is 4.08. The third-order valence-electron chi connectivity index (χ3n) is 1.58. The van der Waals surface area contributed by atoms with Crippen LogP contribution in [0.3, 0.4) is 0 Å². The topological polar surface area (TPSA) is 46.5 Å². The second-order valence-corrected chi connectivity index (χ2v) is 2.66. The Morgan fingerprint density at radius 1 is 1.62 bits per heavy atom. The third kappa shape index (κ3) is 6.82. The van der Waals surface area contributed by atoms with E-state index in [2.05, 4.69) is 0 Å². The quantitative estimate of drug-likeness (QED) is 0.443. The van der Waals surface area contributed by atoms with Crippen molar-refractivity contribution in [2.75, 3.05) is 7.11 Å². The molecule has 0 aliphatic carbocycles. The van der Waals surface area contributed by atoms with Gasteiger partial charge in [-0.2, -0.15) is 0 Å². The number of allylic oxidation sites excluding steroid dienone is 1. The zero-order valence-electron chi connectivity index (χ0n) is 8.19. The summed E-state index contributed by atoms with van der Waals surface area (Å²) in [4.78, 5) is 11.0.